The Morgan fingerprint density at radius 3 is 1.57 bits per heavy atom. The second-order valence-electron chi connectivity index (χ2n) is 18.3. The van der Waals surface area contributed by atoms with Gasteiger partial charge in [-0.3, -0.25) is 0 Å². The van der Waals surface area contributed by atoms with Gasteiger partial charge in [-0.05, 0) is 111 Å². The van der Waals surface area contributed by atoms with Crippen LogP contribution < -0.4 is 9.80 Å². The molecule has 3 heteroatoms. The van der Waals surface area contributed by atoms with E-state index in [1.165, 1.54) is 61.4 Å². The highest BCUT2D eigenvalue weighted by atomic mass is 16.3. The molecule has 1 spiro atoms. The van der Waals surface area contributed by atoms with Gasteiger partial charge in [0.15, 0.2) is 0 Å². The van der Waals surface area contributed by atoms with Crippen LogP contribution in [0.4, 0.5) is 34.1 Å². The maximum atomic E-state index is 6.38. The Hall–Kier alpha value is -9.18. The van der Waals surface area contributed by atoms with E-state index in [0.717, 1.165) is 61.4 Å². The normalized spacial score (nSPS) is 12.9. The number of hydrogen-bond donors (Lipinski definition) is 0. The summed E-state index contributed by atoms with van der Waals surface area (Å²) in [5, 5.41) is 2.21. The van der Waals surface area contributed by atoms with E-state index < -0.39 is 5.41 Å². The molecule has 0 atom stereocenters. The van der Waals surface area contributed by atoms with Gasteiger partial charge in [0.2, 0.25) is 0 Å². The van der Waals surface area contributed by atoms with Gasteiger partial charge in [0, 0.05) is 33.2 Å². The molecule has 2 heterocycles. The molecule has 14 rings (SSSR count). The van der Waals surface area contributed by atoms with Gasteiger partial charge in [0.05, 0.1) is 33.9 Å². The summed E-state index contributed by atoms with van der Waals surface area (Å²) in [6.07, 6.45) is 0. The Morgan fingerprint density at radius 1 is 0.314 bits per heavy atom. The molecule has 0 unspecified atom stereocenters. The van der Waals surface area contributed by atoms with Crippen LogP contribution in [-0.4, -0.2) is 0 Å². The molecule has 0 bridgehead atoms. The third kappa shape index (κ3) is 5.88. The smallest absolute Gasteiger partial charge is 0.135 e. The minimum Gasteiger partial charge on any atom is -0.456 e. The molecule has 0 amide bonds. The predicted molar refractivity (Wildman–Crippen MR) is 290 cm³/mol. The Kier molecular flexibility index (Phi) is 9.11. The van der Waals surface area contributed by atoms with Crippen LogP contribution in [0.15, 0.2) is 271 Å². The summed E-state index contributed by atoms with van der Waals surface area (Å²) < 4.78 is 6.38. The summed E-state index contributed by atoms with van der Waals surface area (Å²) in [4.78, 5) is 5.00. The third-order valence-corrected chi connectivity index (χ3v) is 14.7. The molecule has 1 aliphatic heterocycles. The highest BCUT2D eigenvalue weighted by molar-refractivity contribution is 6.08. The number of fused-ring (bicyclic) bond motifs is 12. The summed E-state index contributed by atoms with van der Waals surface area (Å²) in [6.45, 7) is 0. The van der Waals surface area contributed by atoms with Crippen LogP contribution in [0.5, 0.6) is 0 Å². The Morgan fingerprint density at radius 2 is 0.829 bits per heavy atom. The molecule has 0 saturated carbocycles. The number of hydrogen-bond acceptors (Lipinski definition) is 3. The van der Waals surface area contributed by atoms with Crippen LogP contribution in [0, 0.1) is 0 Å². The van der Waals surface area contributed by atoms with E-state index in [-0.39, 0.29) is 0 Å². The lowest BCUT2D eigenvalue weighted by Gasteiger charge is -2.45. The maximum absolute atomic E-state index is 6.38. The fraction of sp³-hybridized carbons (Fsp3) is 0.0149. The second-order valence-corrected chi connectivity index (χ2v) is 18.3. The first-order valence-electron chi connectivity index (χ1n) is 24.1. The lowest BCUT2D eigenvalue weighted by Crippen LogP contribution is -2.36. The fourth-order valence-corrected chi connectivity index (χ4v) is 11.9. The van der Waals surface area contributed by atoms with Gasteiger partial charge >= 0.3 is 0 Å². The van der Waals surface area contributed by atoms with Crippen molar-refractivity contribution in [2.45, 2.75) is 5.41 Å². The molecule has 0 N–H and O–H groups in total. The van der Waals surface area contributed by atoms with E-state index in [1.54, 1.807) is 0 Å². The van der Waals surface area contributed by atoms with Gasteiger partial charge < -0.3 is 14.2 Å². The Balaban J connectivity index is 1.08. The zero-order valence-corrected chi connectivity index (χ0v) is 38.2. The minimum absolute atomic E-state index is 0.627. The zero-order valence-electron chi connectivity index (χ0n) is 38.2. The van der Waals surface area contributed by atoms with Crippen molar-refractivity contribution in [1.82, 2.24) is 0 Å². The predicted octanol–water partition coefficient (Wildman–Crippen LogP) is 18.2. The minimum atomic E-state index is -0.627. The topological polar surface area (TPSA) is 19.6 Å². The molecule has 0 radical (unpaired) electrons. The van der Waals surface area contributed by atoms with E-state index >= 15 is 0 Å². The van der Waals surface area contributed by atoms with Gasteiger partial charge in [-0.1, -0.05) is 206 Å². The molecule has 3 nitrogen and oxygen atoms in total. The monoisotopic (exact) mass is 892 g/mol. The van der Waals surface area contributed by atoms with Gasteiger partial charge in [-0.25, -0.2) is 0 Å². The quantitative estimate of drug-likeness (QED) is 0.159. The first kappa shape index (κ1) is 39.9. The van der Waals surface area contributed by atoms with Crippen LogP contribution in [0.25, 0.3) is 66.4 Å². The molecule has 12 aromatic rings. The molecule has 2 aliphatic rings. The number of furan rings is 1. The number of rotatable bonds is 7. The van der Waals surface area contributed by atoms with Crippen molar-refractivity contribution in [2.24, 2.45) is 0 Å². The summed E-state index contributed by atoms with van der Waals surface area (Å²) in [6, 6.07) is 97.6. The molecule has 1 aromatic heterocycles. The van der Waals surface area contributed by atoms with Crippen LogP contribution in [0.1, 0.15) is 22.3 Å². The van der Waals surface area contributed by atoms with Gasteiger partial charge in [-0.2, -0.15) is 0 Å². The summed E-state index contributed by atoms with van der Waals surface area (Å²) in [5.74, 6) is 0. The number of anilines is 6. The molecule has 70 heavy (non-hydrogen) atoms. The van der Waals surface area contributed by atoms with E-state index in [2.05, 4.69) is 271 Å². The van der Waals surface area contributed by atoms with Gasteiger partial charge in [-0.15, -0.1) is 0 Å². The van der Waals surface area contributed by atoms with Crippen molar-refractivity contribution in [3.63, 3.8) is 0 Å². The highest BCUT2D eigenvalue weighted by Gasteiger charge is 2.52. The standard InChI is InChI=1S/C67H44N2O/c1-3-22-45(23-4-1)48-26-7-8-28-50(48)51-29-11-17-37-60(51)69(59-36-16-10-27-49(59)46-42-43-65-54(44-46)52-30-12-20-41-64(52)70-65)63-40-21-35-58-66(63)53-31-9-13-32-55(53)67(58)56-33-14-18-38-61(56)68(47-24-5-2-6-25-47)62-39-19-15-34-57(62)67/h1-44H. The van der Waals surface area contributed by atoms with E-state index in [1.807, 2.05) is 6.07 Å². The summed E-state index contributed by atoms with van der Waals surface area (Å²) in [5.41, 5.74) is 22.3. The lowest BCUT2D eigenvalue weighted by molar-refractivity contribution is 0.669. The van der Waals surface area contributed by atoms with Crippen LogP contribution in [0.3, 0.4) is 0 Å². The van der Waals surface area contributed by atoms with Crippen molar-refractivity contribution in [1.29, 1.82) is 0 Å². The Labute approximate surface area is 407 Å². The average Bonchev–Trinajstić information content (AvgIpc) is 3.96. The summed E-state index contributed by atoms with van der Waals surface area (Å²) >= 11 is 0. The number of para-hydroxylation sites is 6. The molecule has 1 aliphatic carbocycles. The van der Waals surface area contributed by atoms with Crippen LogP contribution >= 0.6 is 0 Å². The first-order valence-corrected chi connectivity index (χ1v) is 24.1. The highest BCUT2D eigenvalue weighted by Crippen LogP contribution is 2.65. The number of nitrogens with zero attached hydrogens (tertiary/aromatic N) is 2. The van der Waals surface area contributed by atoms with Gasteiger partial charge in [0.25, 0.3) is 0 Å². The molecule has 11 aromatic carbocycles. The van der Waals surface area contributed by atoms with Crippen LogP contribution in [0.2, 0.25) is 0 Å². The van der Waals surface area contributed by atoms with E-state index in [4.69, 9.17) is 4.42 Å². The average molecular weight is 893 g/mol. The van der Waals surface area contributed by atoms with E-state index in [9.17, 15) is 0 Å². The number of benzene rings is 11. The van der Waals surface area contributed by atoms with Crippen LogP contribution in [-0.2, 0) is 5.41 Å². The van der Waals surface area contributed by atoms with Crippen molar-refractivity contribution in [3.8, 4) is 44.5 Å². The largest absolute Gasteiger partial charge is 0.456 e. The van der Waals surface area contributed by atoms with Crippen molar-refractivity contribution in [3.05, 3.63) is 289 Å². The van der Waals surface area contributed by atoms with Crippen molar-refractivity contribution < 1.29 is 4.42 Å². The Bertz CT molecular complexity index is 3930. The maximum Gasteiger partial charge on any atom is 0.135 e. The zero-order chi connectivity index (χ0) is 46.2. The molecule has 328 valence electrons. The van der Waals surface area contributed by atoms with Crippen molar-refractivity contribution >= 4 is 56.1 Å². The molecular weight excluding hydrogens is 849 g/mol. The van der Waals surface area contributed by atoms with Gasteiger partial charge in [0.1, 0.15) is 11.2 Å². The van der Waals surface area contributed by atoms with E-state index in [0.29, 0.717) is 0 Å². The fourth-order valence-electron chi connectivity index (χ4n) is 11.9. The van der Waals surface area contributed by atoms with Crippen molar-refractivity contribution in [2.75, 3.05) is 9.80 Å². The SMILES string of the molecule is c1ccc(-c2ccccc2-c2ccccc2N(c2ccccc2-c2ccc3oc4ccccc4c3c2)c2cccc3c2-c2ccccc2C32c3ccccc3N(c3ccccc3)c3ccccc32)cc1. The second kappa shape index (κ2) is 16.0. The third-order valence-electron chi connectivity index (χ3n) is 14.7. The lowest BCUT2D eigenvalue weighted by atomic mass is 9.64. The molecular formula is C67H44N2O. The molecule has 0 fully saturated rings. The molecule has 0 saturated heterocycles. The first-order chi connectivity index (χ1) is 34.8. The summed E-state index contributed by atoms with van der Waals surface area (Å²) in [7, 11) is 0.